The highest BCUT2D eigenvalue weighted by molar-refractivity contribution is 5.79. The topological polar surface area (TPSA) is 43.8 Å². The van der Waals surface area contributed by atoms with Crippen LogP contribution in [0.2, 0.25) is 0 Å². The molecule has 3 aliphatic rings. The van der Waals surface area contributed by atoms with E-state index >= 15 is 0 Å². The Labute approximate surface area is 145 Å². The Kier molecular flexibility index (Phi) is 5.57. The van der Waals surface area contributed by atoms with Gasteiger partial charge in [0, 0.05) is 19.0 Å². The van der Waals surface area contributed by atoms with Crippen LogP contribution < -0.4 is 0 Å². The highest BCUT2D eigenvalue weighted by Crippen LogP contribution is 2.32. The quantitative estimate of drug-likeness (QED) is 0.809. The largest absolute Gasteiger partial charge is 0.376 e. The predicted octanol–water partition coefficient (Wildman–Crippen LogP) is 2.86. The highest BCUT2D eigenvalue weighted by atomic mass is 16.3. The first-order chi connectivity index (χ1) is 11.6. The SMILES string of the molecule is C=C/C=C\C1=C(C)C2CN(C(=O)C3CCCCC3)CC(O)N2CC1. The molecule has 0 spiro atoms. The molecule has 1 N–H and O–H groups in total. The molecule has 24 heavy (non-hydrogen) atoms. The third-order valence-electron chi connectivity index (χ3n) is 5.91. The van der Waals surface area contributed by atoms with Crippen LogP contribution in [0.15, 0.2) is 36.0 Å². The second kappa shape index (κ2) is 7.66. The lowest BCUT2D eigenvalue weighted by molar-refractivity contribution is -0.149. The van der Waals surface area contributed by atoms with Crippen molar-refractivity contribution in [3.05, 3.63) is 36.0 Å². The van der Waals surface area contributed by atoms with E-state index < -0.39 is 6.23 Å². The minimum absolute atomic E-state index is 0.138. The van der Waals surface area contributed by atoms with Gasteiger partial charge >= 0.3 is 0 Å². The molecule has 2 atom stereocenters. The number of aliphatic hydroxyl groups excluding tert-OH is 1. The van der Waals surface area contributed by atoms with Gasteiger partial charge in [0.2, 0.25) is 5.91 Å². The van der Waals surface area contributed by atoms with Gasteiger partial charge in [0.15, 0.2) is 0 Å². The van der Waals surface area contributed by atoms with E-state index in [1.165, 1.54) is 17.6 Å². The third-order valence-corrected chi connectivity index (χ3v) is 5.91. The van der Waals surface area contributed by atoms with Crippen LogP contribution in [0.25, 0.3) is 0 Å². The lowest BCUT2D eigenvalue weighted by Crippen LogP contribution is -2.62. The molecular formula is C20H30N2O2. The van der Waals surface area contributed by atoms with Crippen molar-refractivity contribution < 1.29 is 9.90 Å². The van der Waals surface area contributed by atoms with E-state index in [2.05, 4.69) is 24.5 Å². The van der Waals surface area contributed by atoms with Crippen molar-refractivity contribution in [2.75, 3.05) is 19.6 Å². The average molecular weight is 330 g/mol. The zero-order chi connectivity index (χ0) is 17.1. The summed E-state index contributed by atoms with van der Waals surface area (Å²) in [5, 5.41) is 10.6. The van der Waals surface area contributed by atoms with E-state index in [4.69, 9.17) is 0 Å². The van der Waals surface area contributed by atoms with Gasteiger partial charge in [-0.05, 0) is 31.8 Å². The van der Waals surface area contributed by atoms with Gasteiger partial charge in [0.1, 0.15) is 6.23 Å². The lowest BCUT2D eigenvalue weighted by Gasteiger charge is -2.48. The summed E-state index contributed by atoms with van der Waals surface area (Å²) in [6, 6.07) is 0.138. The number of aliphatic hydroxyl groups is 1. The third kappa shape index (κ3) is 3.50. The van der Waals surface area contributed by atoms with E-state index in [-0.39, 0.29) is 17.9 Å². The summed E-state index contributed by atoms with van der Waals surface area (Å²) in [5.74, 6) is 0.431. The Balaban J connectivity index is 1.76. The number of carbonyl (C=O) groups excluding carboxylic acids is 1. The molecule has 0 aromatic carbocycles. The smallest absolute Gasteiger partial charge is 0.225 e. The molecule has 4 nitrogen and oxygen atoms in total. The van der Waals surface area contributed by atoms with Crippen LogP contribution in [0.5, 0.6) is 0 Å². The van der Waals surface area contributed by atoms with Crippen molar-refractivity contribution in [1.82, 2.24) is 9.80 Å². The summed E-state index contributed by atoms with van der Waals surface area (Å²) in [6.45, 7) is 7.90. The van der Waals surface area contributed by atoms with Crippen molar-refractivity contribution in [2.45, 2.75) is 57.7 Å². The molecule has 3 rings (SSSR count). The first kappa shape index (κ1) is 17.4. The Bertz CT molecular complexity index is 546. The number of hydrogen-bond donors (Lipinski definition) is 1. The van der Waals surface area contributed by atoms with Crippen LogP contribution in [0.3, 0.4) is 0 Å². The number of hydrogen-bond acceptors (Lipinski definition) is 3. The summed E-state index contributed by atoms with van der Waals surface area (Å²) < 4.78 is 0. The minimum atomic E-state index is -0.545. The Hall–Kier alpha value is -1.39. The summed E-state index contributed by atoms with van der Waals surface area (Å²) in [6.07, 6.45) is 11.9. The fourth-order valence-corrected chi connectivity index (χ4v) is 4.44. The maximum atomic E-state index is 12.9. The fraction of sp³-hybridized carbons (Fsp3) is 0.650. The molecule has 0 aromatic heterocycles. The Morgan fingerprint density at radius 1 is 1.25 bits per heavy atom. The molecule has 132 valence electrons. The zero-order valence-corrected chi connectivity index (χ0v) is 14.8. The number of β-amino-alcohol motifs (C(OH)–C–C–N with tert-alkyl or cyclic N) is 1. The number of allylic oxidation sites excluding steroid dienone is 3. The normalized spacial score (nSPS) is 29.8. The van der Waals surface area contributed by atoms with Crippen molar-refractivity contribution in [3.8, 4) is 0 Å². The van der Waals surface area contributed by atoms with Crippen molar-refractivity contribution in [3.63, 3.8) is 0 Å². The summed E-state index contributed by atoms with van der Waals surface area (Å²) in [7, 11) is 0. The van der Waals surface area contributed by atoms with Crippen LogP contribution in [-0.4, -0.2) is 52.7 Å². The van der Waals surface area contributed by atoms with Crippen molar-refractivity contribution in [1.29, 1.82) is 0 Å². The number of piperazine rings is 1. The molecule has 2 unspecified atom stereocenters. The molecule has 0 bridgehead atoms. The van der Waals surface area contributed by atoms with Gasteiger partial charge in [-0.25, -0.2) is 0 Å². The van der Waals surface area contributed by atoms with Crippen LogP contribution >= 0.6 is 0 Å². The molecule has 2 heterocycles. The second-order valence-electron chi connectivity index (χ2n) is 7.37. The first-order valence-corrected chi connectivity index (χ1v) is 9.33. The maximum Gasteiger partial charge on any atom is 0.225 e. The van der Waals surface area contributed by atoms with Gasteiger partial charge in [-0.2, -0.15) is 0 Å². The highest BCUT2D eigenvalue weighted by Gasteiger charge is 2.40. The first-order valence-electron chi connectivity index (χ1n) is 9.33. The van der Waals surface area contributed by atoms with E-state index in [1.54, 1.807) is 6.08 Å². The zero-order valence-electron chi connectivity index (χ0n) is 14.8. The average Bonchev–Trinajstić information content (AvgIpc) is 2.61. The molecule has 0 radical (unpaired) electrons. The Morgan fingerprint density at radius 2 is 2.00 bits per heavy atom. The molecule has 1 aliphatic carbocycles. The summed E-state index contributed by atoms with van der Waals surface area (Å²) in [4.78, 5) is 17.0. The molecule has 1 saturated heterocycles. The maximum absolute atomic E-state index is 12.9. The summed E-state index contributed by atoms with van der Waals surface area (Å²) >= 11 is 0. The van der Waals surface area contributed by atoms with Crippen LogP contribution in [0, 0.1) is 5.92 Å². The molecule has 2 aliphatic heterocycles. The number of fused-ring (bicyclic) bond motifs is 1. The molecule has 1 amide bonds. The van der Waals surface area contributed by atoms with E-state index in [0.717, 1.165) is 38.6 Å². The van der Waals surface area contributed by atoms with Crippen LogP contribution in [0.4, 0.5) is 0 Å². The van der Waals surface area contributed by atoms with Crippen LogP contribution in [0.1, 0.15) is 45.4 Å². The number of carbonyl (C=O) groups is 1. The standard InChI is InChI=1S/C20H30N2O2/c1-3-4-8-16-11-12-22-18(15(16)2)13-21(14-19(22)23)20(24)17-9-6-5-7-10-17/h3-4,8,17-19,23H,1,5-7,9-14H2,2H3/b8-4-. The van der Waals surface area contributed by atoms with E-state index in [9.17, 15) is 9.90 Å². The molecule has 4 heteroatoms. The summed E-state index contributed by atoms with van der Waals surface area (Å²) in [5.41, 5.74) is 2.59. The monoisotopic (exact) mass is 330 g/mol. The van der Waals surface area contributed by atoms with E-state index in [1.807, 2.05) is 11.0 Å². The lowest BCUT2D eigenvalue weighted by atomic mass is 9.87. The number of nitrogens with zero attached hydrogens (tertiary/aromatic N) is 2. The number of amides is 1. The Morgan fingerprint density at radius 3 is 2.71 bits per heavy atom. The van der Waals surface area contributed by atoms with Crippen molar-refractivity contribution in [2.24, 2.45) is 5.92 Å². The van der Waals surface area contributed by atoms with Crippen LogP contribution in [-0.2, 0) is 4.79 Å². The van der Waals surface area contributed by atoms with Gasteiger partial charge in [0.05, 0.1) is 12.6 Å². The molecule has 1 saturated carbocycles. The second-order valence-corrected chi connectivity index (χ2v) is 7.37. The van der Waals surface area contributed by atoms with Gasteiger partial charge in [0.25, 0.3) is 0 Å². The van der Waals surface area contributed by atoms with Gasteiger partial charge in [-0.3, -0.25) is 9.69 Å². The predicted molar refractivity (Wildman–Crippen MR) is 96.3 cm³/mol. The van der Waals surface area contributed by atoms with Gasteiger partial charge in [-0.15, -0.1) is 0 Å². The molecule has 0 aromatic rings. The molecular weight excluding hydrogens is 300 g/mol. The van der Waals surface area contributed by atoms with E-state index in [0.29, 0.717) is 13.1 Å². The fourth-order valence-electron chi connectivity index (χ4n) is 4.44. The van der Waals surface area contributed by atoms with Gasteiger partial charge < -0.3 is 10.0 Å². The van der Waals surface area contributed by atoms with Gasteiger partial charge in [-0.1, -0.05) is 49.6 Å². The number of rotatable bonds is 3. The molecule has 2 fully saturated rings. The minimum Gasteiger partial charge on any atom is -0.376 e. The van der Waals surface area contributed by atoms with Crippen molar-refractivity contribution >= 4 is 5.91 Å².